The molecule has 0 aromatic heterocycles. The minimum absolute atomic E-state index is 0.144. The molecule has 2 rings (SSSR count). The lowest BCUT2D eigenvalue weighted by molar-refractivity contribution is -0.134. The van der Waals surface area contributed by atoms with Crippen LogP contribution in [-0.2, 0) is 16.2 Å². The van der Waals surface area contributed by atoms with Crippen LogP contribution in [0, 0.1) is 9.39 Å². The average molecular weight is 485 g/mol. The van der Waals surface area contributed by atoms with Gasteiger partial charge in [-0.15, -0.1) is 0 Å². The Hall–Kier alpha value is -2.62. The molecule has 6 nitrogen and oxygen atoms in total. The third kappa shape index (κ3) is 5.95. The number of hydrogen-bond donors (Lipinski definition) is 2. The number of ether oxygens (including phenoxy) is 2. The molecule has 2 aromatic carbocycles. The molecule has 2 aromatic rings. The van der Waals surface area contributed by atoms with E-state index in [0.29, 0.717) is 26.2 Å². The summed E-state index contributed by atoms with van der Waals surface area (Å²) in [5.74, 6) is -1.25. The topological polar surface area (TPSA) is 84.9 Å². The molecule has 0 fully saturated rings. The van der Waals surface area contributed by atoms with Crippen LogP contribution in [0.5, 0.6) is 11.5 Å². The Kier molecular flexibility index (Phi) is 7.17. The van der Waals surface area contributed by atoms with E-state index in [4.69, 9.17) is 9.47 Å². The highest BCUT2D eigenvalue weighted by molar-refractivity contribution is 14.1. The van der Waals surface area contributed by atoms with E-state index < -0.39 is 11.9 Å². The van der Waals surface area contributed by atoms with E-state index in [9.17, 15) is 19.1 Å². The van der Waals surface area contributed by atoms with Crippen LogP contribution in [0.3, 0.4) is 0 Å². The maximum atomic E-state index is 13.3. The Morgan fingerprint density at radius 1 is 1.30 bits per heavy atom. The molecule has 0 aliphatic heterocycles. The lowest BCUT2D eigenvalue weighted by atomic mass is 10.1. The molecular weight excluding hydrogens is 468 g/mol. The molecule has 0 aliphatic carbocycles. The third-order valence-corrected chi connectivity index (χ3v) is 4.18. The third-order valence-electron chi connectivity index (χ3n) is 3.38. The van der Waals surface area contributed by atoms with E-state index in [1.165, 1.54) is 32.2 Å². The maximum Gasteiger partial charge on any atom is 0.352 e. The Morgan fingerprint density at radius 2 is 2.04 bits per heavy atom. The highest BCUT2D eigenvalue weighted by Crippen LogP contribution is 2.35. The summed E-state index contributed by atoms with van der Waals surface area (Å²) < 4.78 is 25.1. The van der Waals surface area contributed by atoms with Crippen LogP contribution in [0.1, 0.15) is 18.1 Å². The summed E-state index contributed by atoms with van der Waals surface area (Å²) in [6.07, 6.45) is 1.32. The molecule has 8 heteroatoms. The van der Waals surface area contributed by atoms with Crippen molar-refractivity contribution in [2.24, 2.45) is 0 Å². The first-order chi connectivity index (χ1) is 12.8. The summed E-state index contributed by atoms with van der Waals surface area (Å²) in [7, 11) is 1.46. The quantitative estimate of drug-likeness (QED) is 0.463. The van der Waals surface area contributed by atoms with Crippen molar-refractivity contribution in [3.8, 4) is 11.5 Å². The molecule has 0 saturated heterocycles. The van der Waals surface area contributed by atoms with Crippen LogP contribution < -0.4 is 14.8 Å². The van der Waals surface area contributed by atoms with E-state index >= 15 is 0 Å². The fourth-order valence-electron chi connectivity index (χ4n) is 2.25. The van der Waals surface area contributed by atoms with Crippen LogP contribution >= 0.6 is 22.6 Å². The monoisotopic (exact) mass is 485 g/mol. The minimum atomic E-state index is -1.26. The number of carbonyl (C=O) groups excluding carboxylic acids is 1. The minimum Gasteiger partial charge on any atom is -0.493 e. The Balaban J connectivity index is 2.30. The summed E-state index contributed by atoms with van der Waals surface area (Å²) >= 11 is 2.03. The molecule has 2 N–H and O–H groups in total. The van der Waals surface area contributed by atoms with Gasteiger partial charge >= 0.3 is 5.97 Å². The molecule has 0 heterocycles. The molecule has 0 aliphatic rings. The van der Waals surface area contributed by atoms with Crippen molar-refractivity contribution in [1.29, 1.82) is 0 Å². The molecule has 0 radical (unpaired) electrons. The maximum absolute atomic E-state index is 13.3. The van der Waals surface area contributed by atoms with E-state index in [1.54, 1.807) is 24.3 Å². The predicted molar refractivity (Wildman–Crippen MR) is 106 cm³/mol. The molecule has 27 heavy (non-hydrogen) atoms. The van der Waals surface area contributed by atoms with Crippen LogP contribution in [0.25, 0.3) is 6.08 Å². The van der Waals surface area contributed by atoms with Crippen LogP contribution in [0.2, 0.25) is 0 Å². The average Bonchev–Trinajstić information content (AvgIpc) is 2.59. The summed E-state index contributed by atoms with van der Waals surface area (Å²) in [5.41, 5.74) is 0.921. The zero-order chi connectivity index (χ0) is 20.0. The first-order valence-electron chi connectivity index (χ1n) is 7.77. The summed E-state index contributed by atoms with van der Waals surface area (Å²) in [6, 6.07) is 9.35. The van der Waals surface area contributed by atoms with E-state index in [0.717, 1.165) is 0 Å². The first-order valence-corrected chi connectivity index (χ1v) is 8.85. The predicted octanol–water partition coefficient (Wildman–Crippen LogP) is 3.58. The Bertz CT molecular complexity index is 898. The van der Waals surface area contributed by atoms with Gasteiger partial charge in [0.05, 0.1) is 10.7 Å². The summed E-state index contributed by atoms with van der Waals surface area (Å²) in [6.45, 7) is 1.37. The highest BCUT2D eigenvalue weighted by Gasteiger charge is 2.14. The van der Waals surface area contributed by atoms with E-state index in [1.807, 2.05) is 22.6 Å². The Morgan fingerprint density at radius 3 is 2.63 bits per heavy atom. The molecular formula is C19H17FINO5. The van der Waals surface area contributed by atoms with Gasteiger partial charge in [0.25, 0.3) is 0 Å². The number of benzene rings is 2. The number of rotatable bonds is 7. The van der Waals surface area contributed by atoms with Gasteiger partial charge in [-0.05, 0) is 64.1 Å². The van der Waals surface area contributed by atoms with Gasteiger partial charge in [0, 0.05) is 6.92 Å². The second-order valence-electron chi connectivity index (χ2n) is 5.50. The molecule has 142 valence electrons. The van der Waals surface area contributed by atoms with Gasteiger partial charge in [-0.3, -0.25) is 4.79 Å². The number of carbonyl (C=O) groups is 2. The van der Waals surface area contributed by atoms with Crippen LogP contribution in [0.4, 0.5) is 4.39 Å². The number of halogens is 2. The normalized spacial score (nSPS) is 11.0. The van der Waals surface area contributed by atoms with Gasteiger partial charge < -0.3 is 19.9 Å². The standard InChI is InChI=1S/C19H17FINO5/c1-11(23)22-16(19(24)25)8-13-7-15(21)18(17(9-13)26-2)27-10-12-4-3-5-14(20)6-12/h3-9H,10H2,1-2H3,(H,22,23)(H,24,25)/b16-8+. The van der Waals surface area contributed by atoms with Crippen LogP contribution in [-0.4, -0.2) is 24.1 Å². The van der Waals surface area contributed by atoms with Crippen molar-refractivity contribution in [2.45, 2.75) is 13.5 Å². The molecule has 0 atom stereocenters. The van der Waals surface area contributed by atoms with Gasteiger partial charge in [0.2, 0.25) is 5.91 Å². The van der Waals surface area contributed by atoms with Gasteiger partial charge in [-0.25, -0.2) is 9.18 Å². The molecule has 0 unspecified atom stereocenters. The summed E-state index contributed by atoms with van der Waals surface area (Å²) in [5, 5.41) is 11.5. The number of hydrogen-bond acceptors (Lipinski definition) is 4. The van der Waals surface area contributed by atoms with Crippen LogP contribution in [0.15, 0.2) is 42.1 Å². The van der Waals surface area contributed by atoms with Gasteiger partial charge in [0.15, 0.2) is 11.5 Å². The molecule has 0 bridgehead atoms. The van der Waals surface area contributed by atoms with Gasteiger partial charge in [0.1, 0.15) is 18.1 Å². The number of carboxylic acid groups (broad SMARTS) is 1. The second kappa shape index (κ2) is 9.36. The van der Waals surface area contributed by atoms with Crippen molar-refractivity contribution >= 4 is 40.5 Å². The van der Waals surface area contributed by atoms with Gasteiger partial charge in [-0.2, -0.15) is 0 Å². The zero-order valence-corrected chi connectivity index (χ0v) is 16.7. The van der Waals surface area contributed by atoms with E-state index in [2.05, 4.69) is 5.32 Å². The second-order valence-corrected chi connectivity index (χ2v) is 6.66. The number of amides is 1. The Labute approximate surface area is 169 Å². The zero-order valence-electron chi connectivity index (χ0n) is 14.6. The summed E-state index contributed by atoms with van der Waals surface area (Å²) in [4.78, 5) is 22.4. The number of carboxylic acids is 1. The largest absolute Gasteiger partial charge is 0.493 e. The van der Waals surface area contributed by atoms with Crippen molar-refractivity contribution in [2.75, 3.05) is 7.11 Å². The SMILES string of the molecule is COc1cc(/C=C(/NC(C)=O)C(=O)O)cc(I)c1OCc1cccc(F)c1. The smallest absolute Gasteiger partial charge is 0.352 e. The fourth-order valence-corrected chi connectivity index (χ4v) is 3.03. The molecule has 0 saturated carbocycles. The van der Waals surface area contributed by atoms with E-state index in [-0.39, 0.29) is 18.1 Å². The number of aliphatic carboxylic acids is 1. The van der Waals surface area contributed by atoms with Crippen molar-refractivity contribution in [3.63, 3.8) is 0 Å². The fraction of sp³-hybridized carbons (Fsp3) is 0.158. The van der Waals surface area contributed by atoms with Crippen molar-refractivity contribution in [3.05, 3.63) is 62.6 Å². The molecule has 0 spiro atoms. The van der Waals surface area contributed by atoms with Gasteiger partial charge in [-0.1, -0.05) is 12.1 Å². The van der Waals surface area contributed by atoms with Crippen molar-refractivity contribution < 1.29 is 28.6 Å². The number of nitrogens with one attached hydrogen (secondary N) is 1. The highest BCUT2D eigenvalue weighted by atomic mass is 127. The lowest BCUT2D eigenvalue weighted by Crippen LogP contribution is -2.24. The lowest BCUT2D eigenvalue weighted by Gasteiger charge is -2.14. The van der Waals surface area contributed by atoms with Crippen molar-refractivity contribution in [1.82, 2.24) is 5.32 Å². The number of methoxy groups -OCH3 is 1. The first kappa shape index (κ1) is 20.7. The molecule has 1 amide bonds.